The third-order valence-corrected chi connectivity index (χ3v) is 3.04. The first-order valence-electron chi connectivity index (χ1n) is 5.45. The van der Waals surface area contributed by atoms with Crippen molar-refractivity contribution in [2.75, 3.05) is 20.1 Å². The molecule has 2 heteroatoms. The minimum absolute atomic E-state index is 0.0990. The van der Waals surface area contributed by atoms with Gasteiger partial charge in [-0.1, -0.05) is 27.7 Å². The van der Waals surface area contributed by atoms with Gasteiger partial charge in [-0.25, -0.2) is 0 Å². The molecule has 0 aromatic heterocycles. The Morgan fingerprint density at radius 1 is 1.07 bits per heavy atom. The van der Waals surface area contributed by atoms with Crippen molar-refractivity contribution < 1.29 is 0 Å². The fourth-order valence-electron chi connectivity index (χ4n) is 1.59. The van der Waals surface area contributed by atoms with Crippen molar-refractivity contribution in [1.82, 2.24) is 4.90 Å². The molecule has 86 valence electrons. The summed E-state index contributed by atoms with van der Waals surface area (Å²) in [6.07, 6.45) is 0. The van der Waals surface area contributed by atoms with E-state index in [4.69, 9.17) is 0 Å². The van der Waals surface area contributed by atoms with Crippen LogP contribution in [0.3, 0.4) is 0 Å². The highest BCUT2D eigenvalue weighted by molar-refractivity contribution is 7.81. The summed E-state index contributed by atoms with van der Waals surface area (Å²) in [6.45, 7) is 15.7. The minimum Gasteiger partial charge on any atom is -0.304 e. The molecule has 0 aliphatic heterocycles. The van der Waals surface area contributed by atoms with E-state index in [1.807, 2.05) is 0 Å². The molecular formula is C12H27NS. The molecule has 0 aliphatic carbocycles. The minimum atomic E-state index is 0.0990. The molecule has 0 fully saturated rings. The summed E-state index contributed by atoms with van der Waals surface area (Å²) in [4.78, 5) is 2.38. The molecule has 0 spiro atoms. The molecule has 0 saturated heterocycles. The molecule has 0 atom stereocenters. The Bertz CT molecular complexity index is 168. The SMILES string of the molecule is CC(C)C(C)(C)CN(C)CC(C)(C)S. The average molecular weight is 217 g/mol. The lowest BCUT2D eigenvalue weighted by Gasteiger charge is -2.36. The van der Waals surface area contributed by atoms with Crippen molar-refractivity contribution in [3.63, 3.8) is 0 Å². The fraction of sp³-hybridized carbons (Fsp3) is 1.00. The van der Waals surface area contributed by atoms with Crippen LogP contribution in [0, 0.1) is 11.3 Å². The first-order valence-corrected chi connectivity index (χ1v) is 5.90. The van der Waals surface area contributed by atoms with Crippen LogP contribution in [0.2, 0.25) is 0 Å². The molecule has 0 unspecified atom stereocenters. The normalized spacial score (nSPS) is 14.1. The highest BCUT2D eigenvalue weighted by atomic mass is 32.1. The molecule has 14 heavy (non-hydrogen) atoms. The lowest BCUT2D eigenvalue weighted by molar-refractivity contribution is 0.150. The highest BCUT2D eigenvalue weighted by Gasteiger charge is 2.25. The van der Waals surface area contributed by atoms with Gasteiger partial charge in [0.05, 0.1) is 0 Å². The van der Waals surface area contributed by atoms with E-state index < -0.39 is 0 Å². The van der Waals surface area contributed by atoms with Crippen molar-refractivity contribution in [1.29, 1.82) is 0 Å². The van der Waals surface area contributed by atoms with Crippen molar-refractivity contribution in [3.8, 4) is 0 Å². The zero-order valence-corrected chi connectivity index (χ0v) is 11.8. The van der Waals surface area contributed by atoms with Crippen LogP contribution in [0.4, 0.5) is 0 Å². The van der Waals surface area contributed by atoms with Gasteiger partial charge >= 0.3 is 0 Å². The number of rotatable bonds is 5. The van der Waals surface area contributed by atoms with Gasteiger partial charge in [-0.2, -0.15) is 12.6 Å². The van der Waals surface area contributed by atoms with E-state index in [2.05, 4.69) is 66.1 Å². The smallest absolute Gasteiger partial charge is 0.0200 e. The predicted octanol–water partition coefficient (Wildman–Crippen LogP) is 3.31. The van der Waals surface area contributed by atoms with Crippen LogP contribution < -0.4 is 0 Å². The van der Waals surface area contributed by atoms with Gasteiger partial charge in [-0.3, -0.25) is 0 Å². The van der Waals surface area contributed by atoms with Gasteiger partial charge in [0.15, 0.2) is 0 Å². The zero-order valence-electron chi connectivity index (χ0n) is 10.9. The molecule has 0 saturated carbocycles. The van der Waals surface area contributed by atoms with Gasteiger partial charge in [-0.05, 0) is 32.2 Å². The number of hydrogen-bond donors (Lipinski definition) is 1. The monoisotopic (exact) mass is 217 g/mol. The molecule has 0 radical (unpaired) electrons. The molecule has 0 aromatic rings. The average Bonchev–Trinajstić information content (AvgIpc) is 1.79. The van der Waals surface area contributed by atoms with Crippen LogP contribution in [-0.4, -0.2) is 29.8 Å². The topological polar surface area (TPSA) is 3.24 Å². The second-order valence-corrected chi connectivity index (χ2v) is 7.34. The van der Waals surface area contributed by atoms with Gasteiger partial charge in [0, 0.05) is 17.8 Å². The third kappa shape index (κ3) is 5.92. The Balaban J connectivity index is 4.12. The van der Waals surface area contributed by atoms with Crippen molar-refractivity contribution in [2.24, 2.45) is 11.3 Å². The summed E-state index contributed by atoms with van der Waals surface area (Å²) < 4.78 is 0.0990. The van der Waals surface area contributed by atoms with Gasteiger partial charge in [0.1, 0.15) is 0 Å². The second kappa shape index (κ2) is 4.89. The molecule has 0 bridgehead atoms. The summed E-state index contributed by atoms with van der Waals surface area (Å²) in [5, 5.41) is 0. The molecule has 0 aromatic carbocycles. The third-order valence-electron chi connectivity index (χ3n) is 2.90. The van der Waals surface area contributed by atoms with Crippen molar-refractivity contribution in [2.45, 2.75) is 46.3 Å². The Morgan fingerprint density at radius 2 is 1.50 bits per heavy atom. The zero-order chi connectivity index (χ0) is 11.6. The largest absolute Gasteiger partial charge is 0.304 e. The van der Waals surface area contributed by atoms with Crippen molar-refractivity contribution >= 4 is 12.6 Å². The molecule has 0 amide bonds. The van der Waals surface area contributed by atoms with Crippen LogP contribution in [0.5, 0.6) is 0 Å². The van der Waals surface area contributed by atoms with E-state index in [0.29, 0.717) is 11.3 Å². The molecule has 0 heterocycles. The molecule has 0 rings (SSSR count). The second-order valence-electron chi connectivity index (χ2n) is 6.13. The van der Waals surface area contributed by atoms with E-state index in [0.717, 1.165) is 13.1 Å². The maximum Gasteiger partial charge on any atom is 0.0200 e. The number of hydrogen-bond acceptors (Lipinski definition) is 2. The van der Waals surface area contributed by atoms with Crippen LogP contribution in [0.25, 0.3) is 0 Å². The summed E-state index contributed by atoms with van der Waals surface area (Å²) in [5.41, 5.74) is 0.383. The summed E-state index contributed by atoms with van der Waals surface area (Å²) in [5.74, 6) is 0.716. The van der Waals surface area contributed by atoms with Crippen LogP contribution in [0.15, 0.2) is 0 Å². The van der Waals surface area contributed by atoms with E-state index in [1.165, 1.54) is 0 Å². The first kappa shape index (κ1) is 14.3. The Labute approximate surface area is 95.7 Å². The maximum atomic E-state index is 4.55. The lowest BCUT2D eigenvalue weighted by atomic mass is 9.81. The summed E-state index contributed by atoms with van der Waals surface area (Å²) in [6, 6.07) is 0. The summed E-state index contributed by atoms with van der Waals surface area (Å²) >= 11 is 4.55. The van der Waals surface area contributed by atoms with Crippen molar-refractivity contribution in [3.05, 3.63) is 0 Å². The molecule has 0 N–H and O–H groups in total. The predicted molar refractivity (Wildman–Crippen MR) is 69.2 cm³/mol. The number of thiol groups is 1. The highest BCUT2D eigenvalue weighted by Crippen LogP contribution is 2.27. The van der Waals surface area contributed by atoms with Gasteiger partial charge < -0.3 is 4.90 Å². The Kier molecular flexibility index (Phi) is 5.00. The lowest BCUT2D eigenvalue weighted by Crippen LogP contribution is -2.40. The Hall–Kier alpha value is 0.310. The van der Waals surface area contributed by atoms with Crippen LogP contribution in [0.1, 0.15) is 41.5 Å². The van der Waals surface area contributed by atoms with Gasteiger partial charge in [0.25, 0.3) is 0 Å². The summed E-state index contributed by atoms with van der Waals surface area (Å²) in [7, 11) is 2.18. The van der Waals surface area contributed by atoms with E-state index >= 15 is 0 Å². The maximum absolute atomic E-state index is 4.55. The van der Waals surface area contributed by atoms with E-state index in [-0.39, 0.29) is 4.75 Å². The van der Waals surface area contributed by atoms with Gasteiger partial charge in [-0.15, -0.1) is 0 Å². The first-order chi connectivity index (χ1) is 6.04. The van der Waals surface area contributed by atoms with Crippen LogP contribution in [-0.2, 0) is 0 Å². The van der Waals surface area contributed by atoms with E-state index in [1.54, 1.807) is 0 Å². The van der Waals surface area contributed by atoms with Crippen LogP contribution >= 0.6 is 12.6 Å². The molecule has 0 aliphatic rings. The molecular weight excluding hydrogens is 190 g/mol. The van der Waals surface area contributed by atoms with Gasteiger partial charge in [0.2, 0.25) is 0 Å². The quantitative estimate of drug-likeness (QED) is 0.692. The Morgan fingerprint density at radius 3 is 1.79 bits per heavy atom. The number of nitrogens with zero attached hydrogens (tertiary/aromatic N) is 1. The standard InChI is InChI=1S/C12H27NS/c1-10(2)11(3,4)8-13(7)9-12(5,6)14/h10,14H,8-9H2,1-7H3. The van der Waals surface area contributed by atoms with E-state index in [9.17, 15) is 0 Å². The fourth-order valence-corrected chi connectivity index (χ4v) is 1.84. The molecule has 1 nitrogen and oxygen atoms in total.